The lowest BCUT2D eigenvalue weighted by Gasteiger charge is -2.06. The third-order valence-corrected chi connectivity index (χ3v) is 4.08. The lowest BCUT2D eigenvalue weighted by Crippen LogP contribution is -2.28. The molecule has 2 aromatic rings. The minimum atomic E-state index is -0.944. The van der Waals surface area contributed by atoms with Crippen molar-refractivity contribution in [2.75, 3.05) is 11.9 Å². The highest BCUT2D eigenvalue weighted by atomic mass is 32.1. The largest absolute Gasteiger partial charge is 0.351 e. The topological polar surface area (TPSA) is 71.1 Å². The Morgan fingerprint density at radius 3 is 2.61 bits per heavy atom. The van der Waals surface area contributed by atoms with E-state index in [1.54, 1.807) is 0 Å². The maximum absolute atomic E-state index is 13.4. The minimum absolute atomic E-state index is 0.0201. The molecule has 2 rings (SSSR count). The number of benzene rings is 1. The van der Waals surface area contributed by atoms with Gasteiger partial charge in [0.05, 0.1) is 11.3 Å². The third-order valence-electron chi connectivity index (χ3n) is 3.09. The fourth-order valence-electron chi connectivity index (χ4n) is 1.77. The molecule has 0 saturated heterocycles. The van der Waals surface area contributed by atoms with E-state index in [0.717, 1.165) is 22.7 Å². The van der Waals surface area contributed by atoms with E-state index < -0.39 is 17.5 Å². The lowest BCUT2D eigenvalue weighted by molar-refractivity contribution is -0.116. The molecule has 122 valence electrons. The van der Waals surface area contributed by atoms with E-state index in [0.29, 0.717) is 11.2 Å². The summed E-state index contributed by atoms with van der Waals surface area (Å²) in [6.45, 7) is 3.78. The van der Waals surface area contributed by atoms with Crippen LogP contribution in [0.5, 0.6) is 0 Å². The molecule has 0 radical (unpaired) electrons. The summed E-state index contributed by atoms with van der Waals surface area (Å²) in [7, 11) is 0. The highest BCUT2D eigenvalue weighted by Crippen LogP contribution is 2.21. The number of aryl methyl sites for hydroxylation is 2. The number of carbonyl (C=O) groups excluding carboxylic acids is 2. The monoisotopic (exact) mass is 339 g/mol. The molecule has 1 aromatic carbocycles. The van der Waals surface area contributed by atoms with Crippen molar-refractivity contribution in [2.24, 2.45) is 0 Å². The molecule has 0 aliphatic heterocycles. The molecule has 5 nitrogen and oxygen atoms in total. The molecule has 8 heteroatoms. The molecule has 2 amide bonds. The molecule has 0 aliphatic carbocycles. The summed E-state index contributed by atoms with van der Waals surface area (Å²) in [6, 6.07) is 2.69. The number of anilines is 1. The first-order chi connectivity index (χ1) is 10.9. The molecular formula is C15H15F2N3O2S. The van der Waals surface area contributed by atoms with Crippen molar-refractivity contribution >= 4 is 28.3 Å². The van der Waals surface area contributed by atoms with Crippen LogP contribution >= 0.6 is 11.3 Å². The summed E-state index contributed by atoms with van der Waals surface area (Å²) < 4.78 is 26.2. The summed E-state index contributed by atoms with van der Waals surface area (Å²) in [5.41, 5.74) is 0.586. The summed E-state index contributed by atoms with van der Waals surface area (Å²) in [5, 5.41) is 5.54. The Bertz CT molecular complexity index is 727. The standard InChI is InChI=1S/C15H15F2N3O2S/c1-8-9(2)23-15(19-8)20-13(21)5-6-18-14(22)11-4-3-10(16)7-12(11)17/h3-4,7H,5-6H2,1-2H3,(H,18,22)(H,19,20,21). The zero-order valence-electron chi connectivity index (χ0n) is 12.6. The maximum Gasteiger partial charge on any atom is 0.254 e. The third kappa shape index (κ3) is 4.56. The van der Waals surface area contributed by atoms with Crippen LogP contribution in [0.25, 0.3) is 0 Å². The number of carbonyl (C=O) groups is 2. The van der Waals surface area contributed by atoms with Crippen LogP contribution < -0.4 is 10.6 Å². The second-order valence-corrected chi connectivity index (χ2v) is 6.04. The number of hydrogen-bond donors (Lipinski definition) is 2. The van der Waals surface area contributed by atoms with Crippen LogP contribution in [-0.2, 0) is 4.79 Å². The first-order valence-electron chi connectivity index (χ1n) is 6.84. The predicted molar refractivity (Wildman–Crippen MR) is 83.5 cm³/mol. The van der Waals surface area contributed by atoms with Gasteiger partial charge in [-0.3, -0.25) is 9.59 Å². The number of nitrogens with zero attached hydrogens (tertiary/aromatic N) is 1. The number of amides is 2. The first-order valence-corrected chi connectivity index (χ1v) is 7.65. The molecule has 0 bridgehead atoms. The van der Waals surface area contributed by atoms with Crippen molar-refractivity contribution in [3.63, 3.8) is 0 Å². The predicted octanol–water partition coefficient (Wildman–Crippen LogP) is 2.80. The van der Waals surface area contributed by atoms with Crippen LogP contribution in [0, 0.1) is 25.5 Å². The fourth-order valence-corrected chi connectivity index (χ4v) is 2.60. The van der Waals surface area contributed by atoms with Crippen molar-refractivity contribution in [1.82, 2.24) is 10.3 Å². The van der Waals surface area contributed by atoms with E-state index in [1.807, 2.05) is 13.8 Å². The number of rotatable bonds is 5. The SMILES string of the molecule is Cc1nc(NC(=O)CCNC(=O)c2ccc(F)cc2F)sc1C. The Kier molecular flexibility index (Phi) is 5.38. The van der Waals surface area contributed by atoms with Gasteiger partial charge in [-0.2, -0.15) is 0 Å². The number of halogens is 2. The molecule has 0 unspecified atom stereocenters. The van der Waals surface area contributed by atoms with Crippen molar-refractivity contribution < 1.29 is 18.4 Å². The van der Waals surface area contributed by atoms with E-state index >= 15 is 0 Å². The van der Waals surface area contributed by atoms with Gasteiger partial charge in [-0.1, -0.05) is 0 Å². The van der Waals surface area contributed by atoms with Gasteiger partial charge in [0.15, 0.2) is 5.13 Å². The van der Waals surface area contributed by atoms with E-state index in [-0.39, 0.29) is 24.4 Å². The number of nitrogens with one attached hydrogen (secondary N) is 2. The van der Waals surface area contributed by atoms with Gasteiger partial charge in [-0.25, -0.2) is 13.8 Å². The van der Waals surface area contributed by atoms with E-state index in [2.05, 4.69) is 15.6 Å². The van der Waals surface area contributed by atoms with Crippen molar-refractivity contribution in [3.8, 4) is 0 Å². The maximum atomic E-state index is 13.4. The van der Waals surface area contributed by atoms with Crippen molar-refractivity contribution in [1.29, 1.82) is 0 Å². The quantitative estimate of drug-likeness (QED) is 0.880. The molecular weight excluding hydrogens is 324 g/mol. The average Bonchev–Trinajstić information content (AvgIpc) is 2.76. The Hall–Kier alpha value is -2.35. The van der Waals surface area contributed by atoms with Gasteiger partial charge in [0.1, 0.15) is 11.6 Å². The van der Waals surface area contributed by atoms with Gasteiger partial charge in [-0.05, 0) is 26.0 Å². The normalized spacial score (nSPS) is 10.4. The summed E-state index contributed by atoms with van der Waals surface area (Å²) in [6.07, 6.45) is 0.0201. The molecule has 1 aromatic heterocycles. The van der Waals surface area contributed by atoms with E-state index in [4.69, 9.17) is 0 Å². The lowest BCUT2D eigenvalue weighted by atomic mass is 10.2. The highest BCUT2D eigenvalue weighted by Gasteiger charge is 2.13. The van der Waals surface area contributed by atoms with Crippen LogP contribution in [0.2, 0.25) is 0 Å². The Morgan fingerprint density at radius 2 is 2.00 bits per heavy atom. The Balaban J connectivity index is 1.82. The highest BCUT2D eigenvalue weighted by molar-refractivity contribution is 7.15. The molecule has 23 heavy (non-hydrogen) atoms. The van der Waals surface area contributed by atoms with Crippen LogP contribution in [0.15, 0.2) is 18.2 Å². The zero-order valence-corrected chi connectivity index (χ0v) is 13.4. The minimum Gasteiger partial charge on any atom is -0.351 e. The van der Waals surface area contributed by atoms with Gasteiger partial charge < -0.3 is 10.6 Å². The Labute approximate surface area is 135 Å². The second kappa shape index (κ2) is 7.28. The second-order valence-electron chi connectivity index (χ2n) is 4.84. The van der Waals surface area contributed by atoms with Gasteiger partial charge in [0.25, 0.3) is 5.91 Å². The smallest absolute Gasteiger partial charge is 0.254 e. The Morgan fingerprint density at radius 1 is 1.26 bits per heavy atom. The van der Waals surface area contributed by atoms with Gasteiger partial charge in [0.2, 0.25) is 5.91 Å². The molecule has 1 heterocycles. The van der Waals surface area contributed by atoms with Crippen molar-refractivity contribution in [2.45, 2.75) is 20.3 Å². The number of thiazole rings is 1. The van der Waals surface area contributed by atoms with Crippen LogP contribution in [0.1, 0.15) is 27.3 Å². The molecule has 0 saturated carbocycles. The first kappa shape index (κ1) is 17.0. The van der Waals surface area contributed by atoms with Crippen LogP contribution in [0.4, 0.5) is 13.9 Å². The van der Waals surface area contributed by atoms with E-state index in [1.165, 1.54) is 11.3 Å². The number of aromatic nitrogens is 1. The van der Waals surface area contributed by atoms with Crippen LogP contribution in [-0.4, -0.2) is 23.3 Å². The summed E-state index contributed by atoms with van der Waals surface area (Å²) in [5.74, 6) is -2.71. The fraction of sp³-hybridized carbons (Fsp3) is 0.267. The van der Waals surface area contributed by atoms with Crippen molar-refractivity contribution in [3.05, 3.63) is 46.0 Å². The average molecular weight is 339 g/mol. The van der Waals surface area contributed by atoms with Gasteiger partial charge in [-0.15, -0.1) is 11.3 Å². The molecule has 2 N–H and O–H groups in total. The number of hydrogen-bond acceptors (Lipinski definition) is 4. The zero-order chi connectivity index (χ0) is 17.0. The van der Waals surface area contributed by atoms with Crippen LogP contribution in [0.3, 0.4) is 0 Å². The summed E-state index contributed by atoms with van der Waals surface area (Å²) >= 11 is 1.37. The molecule has 0 aliphatic rings. The van der Waals surface area contributed by atoms with E-state index in [9.17, 15) is 18.4 Å². The van der Waals surface area contributed by atoms with Gasteiger partial charge in [0, 0.05) is 23.9 Å². The molecule has 0 spiro atoms. The summed E-state index contributed by atoms with van der Waals surface area (Å²) in [4.78, 5) is 28.7. The molecule has 0 atom stereocenters. The molecule has 0 fully saturated rings. The van der Waals surface area contributed by atoms with Gasteiger partial charge >= 0.3 is 0 Å².